The lowest BCUT2D eigenvalue weighted by Crippen LogP contribution is -2.44. The number of aliphatic hydroxyl groups excluding tert-OH is 1. The monoisotopic (exact) mass is 411 g/mol. The van der Waals surface area contributed by atoms with Crippen molar-refractivity contribution in [3.05, 3.63) is 34.9 Å². The van der Waals surface area contributed by atoms with Gasteiger partial charge in [0.1, 0.15) is 6.04 Å². The van der Waals surface area contributed by atoms with Gasteiger partial charge in [-0.05, 0) is 43.6 Å². The van der Waals surface area contributed by atoms with Gasteiger partial charge < -0.3 is 26.2 Å². The Morgan fingerprint density at radius 3 is 2.39 bits per heavy atom. The summed E-state index contributed by atoms with van der Waals surface area (Å²) < 4.78 is 0. The maximum Gasteiger partial charge on any atom is 0.328 e. The fraction of sp³-hybridized carbons (Fsp3) is 0.526. The molecule has 1 aliphatic rings. The fourth-order valence-electron chi connectivity index (χ4n) is 3.16. The van der Waals surface area contributed by atoms with E-state index < -0.39 is 24.5 Å². The van der Waals surface area contributed by atoms with E-state index in [1.54, 1.807) is 24.3 Å². The Kier molecular flexibility index (Phi) is 8.69. The molecule has 2 unspecified atom stereocenters. The zero-order valence-corrected chi connectivity index (χ0v) is 16.2. The predicted molar refractivity (Wildman–Crippen MR) is 104 cm³/mol. The molecule has 0 bridgehead atoms. The molecule has 1 saturated heterocycles. The SMILES string of the molecule is O=C(CC(CNC(=O)C1CCNCC1)c1ccc(Cl)cc1)NC(CO)C(=O)O. The molecule has 2 rings (SSSR count). The molecule has 0 radical (unpaired) electrons. The summed E-state index contributed by atoms with van der Waals surface area (Å²) in [5, 5.41) is 27.0. The number of carbonyl (C=O) groups is 3. The Hall–Kier alpha value is -2.16. The lowest BCUT2D eigenvalue weighted by atomic mass is 9.93. The normalized spacial score (nSPS) is 16.8. The summed E-state index contributed by atoms with van der Waals surface area (Å²) in [6, 6.07) is 5.59. The second kappa shape index (κ2) is 11.0. The zero-order valence-electron chi connectivity index (χ0n) is 15.5. The fourth-order valence-corrected chi connectivity index (χ4v) is 3.28. The van der Waals surface area contributed by atoms with Crippen molar-refractivity contribution >= 4 is 29.4 Å². The third-order valence-corrected chi connectivity index (χ3v) is 5.07. The number of aliphatic hydroxyl groups is 1. The van der Waals surface area contributed by atoms with Crippen LogP contribution >= 0.6 is 11.6 Å². The molecule has 1 aliphatic heterocycles. The maximum absolute atomic E-state index is 12.4. The molecule has 0 saturated carbocycles. The molecule has 2 amide bonds. The van der Waals surface area contributed by atoms with Gasteiger partial charge in [0.25, 0.3) is 0 Å². The summed E-state index contributed by atoms with van der Waals surface area (Å²) >= 11 is 5.93. The number of benzene rings is 1. The van der Waals surface area contributed by atoms with Gasteiger partial charge >= 0.3 is 5.97 Å². The second-order valence-corrected chi connectivity index (χ2v) is 7.30. The zero-order chi connectivity index (χ0) is 20.5. The van der Waals surface area contributed by atoms with Gasteiger partial charge in [0.05, 0.1) is 6.61 Å². The quantitative estimate of drug-likeness (QED) is 0.402. The van der Waals surface area contributed by atoms with Crippen molar-refractivity contribution in [3.8, 4) is 0 Å². The van der Waals surface area contributed by atoms with Gasteiger partial charge in [0.2, 0.25) is 11.8 Å². The maximum atomic E-state index is 12.4. The van der Waals surface area contributed by atoms with Crippen LogP contribution in [0.25, 0.3) is 0 Å². The van der Waals surface area contributed by atoms with E-state index in [0.717, 1.165) is 31.5 Å². The Labute approximate surface area is 168 Å². The predicted octanol–water partition coefficient (Wildman–Crippen LogP) is 0.491. The molecule has 1 aromatic carbocycles. The molecule has 28 heavy (non-hydrogen) atoms. The summed E-state index contributed by atoms with van der Waals surface area (Å²) in [7, 11) is 0. The van der Waals surface area contributed by atoms with E-state index in [9.17, 15) is 14.4 Å². The van der Waals surface area contributed by atoms with Crippen molar-refractivity contribution in [2.45, 2.75) is 31.2 Å². The second-order valence-electron chi connectivity index (χ2n) is 6.86. The molecule has 0 spiro atoms. The molecule has 1 aromatic rings. The van der Waals surface area contributed by atoms with Crippen LogP contribution < -0.4 is 16.0 Å². The van der Waals surface area contributed by atoms with Crippen molar-refractivity contribution in [3.63, 3.8) is 0 Å². The van der Waals surface area contributed by atoms with Crippen LogP contribution in [0.2, 0.25) is 5.02 Å². The standard InChI is InChI=1S/C19H26ClN3O5/c20-15-3-1-12(2-4-15)14(9-17(25)23-16(11-24)19(27)28)10-22-18(26)13-5-7-21-8-6-13/h1-4,13-14,16,21,24H,5-11H2,(H,22,26)(H,23,25)(H,27,28). The number of piperidine rings is 1. The van der Waals surface area contributed by atoms with Crippen LogP contribution in [0.4, 0.5) is 0 Å². The van der Waals surface area contributed by atoms with E-state index in [1.807, 2.05) is 0 Å². The molecule has 2 atom stereocenters. The van der Waals surface area contributed by atoms with E-state index in [0.29, 0.717) is 5.02 Å². The first-order valence-electron chi connectivity index (χ1n) is 9.27. The topological polar surface area (TPSA) is 128 Å². The summed E-state index contributed by atoms with van der Waals surface area (Å²) in [6.45, 7) is 1.16. The van der Waals surface area contributed by atoms with Gasteiger partial charge in [-0.3, -0.25) is 9.59 Å². The molecule has 9 heteroatoms. The Bertz CT molecular complexity index is 677. The van der Waals surface area contributed by atoms with Gasteiger partial charge in [-0.25, -0.2) is 4.79 Å². The number of halogens is 1. The van der Waals surface area contributed by atoms with Crippen LogP contribution in [0.3, 0.4) is 0 Å². The first-order chi connectivity index (χ1) is 13.4. The largest absolute Gasteiger partial charge is 0.480 e. The highest BCUT2D eigenvalue weighted by molar-refractivity contribution is 6.30. The van der Waals surface area contributed by atoms with Crippen LogP contribution in [-0.4, -0.2) is 60.3 Å². The van der Waals surface area contributed by atoms with Gasteiger partial charge in [-0.1, -0.05) is 23.7 Å². The molecular weight excluding hydrogens is 386 g/mol. The molecule has 1 heterocycles. The lowest BCUT2D eigenvalue weighted by molar-refractivity contribution is -0.143. The molecule has 8 nitrogen and oxygen atoms in total. The Morgan fingerprint density at radius 1 is 1.18 bits per heavy atom. The number of rotatable bonds is 9. The number of carboxylic acid groups (broad SMARTS) is 1. The molecular formula is C19H26ClN3O5. The van der Waals surface area contributed by atoms with E-state index in [1.165, 1.54) is 0 Å². The van der Waals surface area contributed by atoms with Crippen LogP contribution in [0, 0.1) is 5.92 Å². The molecule has 154 valence electrons. The minimum atomic E-state index is -1.36. The van der Waals surface area contributed by atoms with Gasteiger partial charge in [0, 0.05) is 29.8 Å². The third-order valence-electron chi connectivity index (χ3n) is 4.82. The van der Waals surface area contributed by atoms with Gasteiger partial charge in [-0.2, -0.15) is 0 Å². The lowest BCUT2D eigenvalue weighted by Gasteiger charge is -2.24. The highest BCUT2D eigenvalue weighted by Crippen LogP contribution is 2.22. The van der Waals surface area contributed by atoms with Crippen molar-refractivity contribution in [2.24, 2.45) is 5.92 Å². The summed E-state index contributed by atoms with van der Waals surface area (Å²) in [6.07, 6.45) is 1.52. The van der Waals surface area contributed by atoms with Crippen LogP contribution in [0.1, 0.15) is 30.7 Å². The summed E-state index contributed by atoms with van der Waals surface area (Å²) in [5.41, 5.74) is 0.807. The first-order valence-corrected chi connectivity index (χ1v) is 9.65. The number of hydrogen-bond donors (Lipinski definition) is 5. The van der Waals surface area contributed by atoms with Crippen molar-refractivity contribution in [1.29, 1.82) is 0 Å². The number of carboxylic acids is 1. The number of carbonyl (C=O) groups excluding carboxylic acids is 2. The highest BCUT2D eigenvalue weighted by Gasteiger charge is 2.25. The molecule has 0 aromatic heterocycles. The Balaban J connectivity index is 2.02. The van der Waals surface area contributed by atoms with E-state index in [2.05, 4.69) is 16.0 Å². The Morgan fingerprint density at radius 2 is 1.82 bits per heavy atom. The van der Waals surface area contributed by atoms with Crippen molar-refractivity contribution in [2.75, 3.05) is 26.2 Å². The van der Waals surface area contributed by atoms with Crippen LogP contribution in [0.15, 0.2) is 24.3 Å². The van der Waals surface area contributed by atoms with Gasteiger partial charge in [-0.15, -0.1) is 0 Å². The highest BCUT2D eigenvalue weighted by atomic mass is 35.5. The van der Waals surface area contributed by atoms with E-state index >= 15 is 0 Å². The minimum Gasteiger partial charge on any atom is -0.480 e. The van der Waals surface area contributed by atoms with Crippen LogP contribution in [-0.2, 0) is 14.4 Å². The third kappa shape index (κ3) is 6.78. The number of aliphatic carboxylic acids is 1. The van der Waals surface area contributed by atoms with Gasteiger partial charge in [0.15, 0.2) is 0 Å². The van der Waals surface area contributed by atoms with Crippen molar-refractivity contribution < 1.29 is 24.6 Å². The summed E-state index contributed by atoms with van der Waals surface area (Å²) in [4.78, 5) is 35.7. The average molecular weight is 412 g/mol. The van der Waals surface area contributed by atoms with E-state index in [4.69, 9.17) is 21.8 Å². The minimum absolute atomic E-state index is 0.0298. The number of amides is 2. The van der Waals surface area contributed by atoms with E-state index in [-0.39, 0.29) is 30.7 Å². The van der Waals surface area contributed by atoms with Crippen molar-refractivity contribution in [1.82, 2.24) is 16.0 Å². The number of hydrogen-bond acceptors (Lipinski definition) is 5. The molecule has 5 N–H and O–H groups in total. The number of nitrogens with one attached hydrogen (secondary N) is 3. The average Bonchev–Trinajstić information content (AvgIpc) is 2.70. The smallest absolute Gasteiger partial charge is 0.328 e. The van der Waals surface area contributed by atoms with Crippen LogP contribution in [0.5, 0.6) is 0 Å². The first kappa shape index (κ1) is 22.1. The summed E-state index contributed by atoms with van der Waals surface area (Å²) in [5.74, 6) is -2.27. The molecule has 1 fully saturated rings. The molecule has 0 aliphatic carbocycles.